The number of ketones is 1. The van der Waals surface area contributed by atoms with Crippen LogP contribution in [0.2, 0.25) is 0 Å². The molecule has 1 atom stereocenters. The molecule has 0 spiro atoms. The lowest BCUT2D eigenvalue weighted by atomic mass is 9.94. The Bertz CT molecular complexity index is 1360. The van der Waals surface area contributed by atoms with Gasteiger partial charge in [-0.1, -0.05) is 55.1 Å². The molecule has 1 heterocycles. The molecule has 1 aliphatic rings. The third-order valence-corrected chi connectivity index (χ3v) is 6.64. The number of rotatable bonds is 11. The third kappa shape index (κ3) is 6.38. The Morgan fingerprint density at radius 2 is 1.74 bits per heavy atom. The molecule has 0 aromatic heterocycles. The van der Waals surface area contributed by atoms with Crippen LogP contribution in [0.25, 0.3) is 5.76 Å². The normalized spacial score (nSPS) is 16.5. The quantitative estimate of drug-likeness (QED) is 0.172. The molecule has 1 aliphatic heterocycles. The number of carbonyl (C=O) groups is 2. The van der Waals surface area contributed by atoms with Crippen LogP contribution in [0.1, 0.15) is 28.3 Å². The van der Waals surface area contributed by atoms with Crippen LogP contribution in [0.15, 0.2) is 91.0 Å². The number of aryl methyl sites for hydroxylation is 1. The molecule has 7 heteroatoms. The molecule has 1 saturated heterocycles. The molecule has 4 rings (SSSR count). The highest BCUT2D eigenvalue weighted by Gasteiger charge is 2.46. The summed E-state index contributed by atoms with van der Waals surface area (Å²) in [5.41, 5.74) is 3.09. The Morgan fingerprint density at radius 1 is 1.03 bits per heavy atom. The SMILES string of the molecule is C=CCOc1ccc(C(O)=C2C(=O)C(=O)N(CC[NH+](C)C)[C@@H]2c2ccc(OCc3ccccc3)cc2)cc1C. The zero-order chi connectivity index (χ0) is 27.9. The highest BCUT2D eigenvalue weighted by Crippen LogP contribution is 2.40. The van der Waals surface area contributed by atoms with Gasteiger partial charge in [-0.15, -0.1) is 0 Å². The minimum Gasteiger partial charge on any atom is -0.507 e. The first kappa shape index (κ1) is 27.7. The van der Waals surface area contributed by atoms with Crippen molar-refractivity contribution in [2.45, 2.75) is 19.6 Å². The summed E-state index contributed by atoms with van der Waals surface area (Å²) < 4.78 is 11.6. The highest BCUT2D eigenvalue weighted by atomic mass is 16.5. The molecular formula is C32H35N2O5+. The fourth-order valence-electron chi connectivity index (χ4n) is 4.55. The number of aliphatic hydroxyl groups excluding tert-OH is 1. The summed E-state index contributed by atoms with van der Waals surface area (Å²) in [6.45, 7) is 7.33. The van der Waals surface area contributed by atoms with E-state index in [0.717, 1.165) is 21.6 Å². The van der Waals surface area contributed by atoms with Crippen molar-refractivity contribution in [2.24, 2.45) is 0 Å². The number of Topliss-reactive ketones (excluding diaryl/α,β-unsaturated/α-hetero) is 1. The van der Waals surface area contributed by atoms with Crippen LogP contribution in [0, 0.1) is 6.92 Å². The number of quaternary nitrogens is 1. The van der Waals surface area contributed by atoms with E-state index in [4.69, 9.17) is 9.47 Å². The van der Waals surface area contributed by atoms with Gasteiger partial charge in [0.2, 0.25) is 0 Å². The van der Waals surface area contributed by atoms with E-state index in [-0.39, 0.29) is 11.3 Å². The summed E-state index contributed by atoms with van der Waals surface area (Å²) in [6, 6.07) is 21.7. The largest absolute Gasteiger partial charge is 0.507 e. The van der Waals surface area contributed by atoms with E-state index in [1.807, 2.05) is 75.6 Å². The number of likely N-dealkylation sites (N-methyl/N-ethyl adjacent to an activating group) is 1. The van der Waals surface area contributed by atoms with Gasteiger partial charge in [-0.25, -0.2) is 0 Å². The fraction of sp³-hybridized carbons (Fsp3) is 0.250. The molecule has 2 N–H and O–H groups in total. The highest BCUT2D eigenvalue weighted by molar-refractivity contribution is 6.46. The van der Waals surface area contributed by atoms with E-state index in [0.29, 0.717) is 43.4 Å². The molecule has 3 aromatic carbocycles. The van der Waals surface area contributed by atoms with Gasteiger partial charge in [-0.05, 0) is 53.9 Å². The topological polar surface area (TPSA) is 80.5 Å². The molecule has 0 radical (unpaired) electrons. The van der Waals surface area contributed by atoms with Crippen molar-refractivity contribution in [1.29, 1.82) is 0 Å². The minimum absolute atomic E-state index is 0.0749. The number of likely N-dealkylation sites (tertiary alicyclic amines) is 1. The summed E-state index contributed by atoms with van der Waals surface area (Å²) in [4.78, 5) is 29.2. The first-order valence-corrected chi connectivity index (χ1v) is 13.0. The Hall–Kier alpha value is -4.36. The van der Waals surface area contributed by atoms with E-state index in [2.05, 4.69) is 6.58 Å². The first-order chi connectivity index (χ1) is 18.8. The van der Waals surface area contributed by atoms with Gasteiger partial charge in [-0.2, -0.15) is 0 Å². The molecule has 1 amide bonds. The maximum Gasteiger partial charge on any atom is 0.295 e. The lowest BCUT2D eigenvalue weighted by Crippen LogP contribution is -3.06. The maximum absolute atomic E-state index is 13.3. The van der Waals surface area contributed by atoms with Gasteiger partial charge in [0.15, 0.2) is 0 Å². The molecular weight excluding hydrogens is 492 g/mol. The second-order valence-electron chi connectivity index (χ2n) is 9.87. The standard InChI is InChI=1S/C32H34N2O5/c1-5-19-38-27-16-13-25(20-22(27)2)30(35)28-29(34(18-17-33(3)4)32(37)31(28)36)24-11-14-26(15-12-24)39-21-23-9-7-6-8-10-23/h5-16,20,29,35H,1,17-19,21H2,2-4H3/p+1/t29-/m1/s1. The Kier molecular flexibility index (Phi) is 8.84. The second kappa shape index (κ2) is 12.5. The summed E-state index contributed by atoms with van der Waals surface area (Å²) in [7, 11) is 3.98. The van der Waals surface area contributed by atoms with Gasteiger partial charge in [-0.3, -0.25) is 9.59 Å². The van der Waals surface area contributed by atoms with Crippen LogP contribution < -0.4 is 14.4 Å². The average molecular weight is 528 g/mol. The molecule has 0 unspecified atom stereocenters. The summed E-state index contributed by atoms with van der Waals surface area (Å²) in [5.74, 6) is -0.192. The van der Waals surface area contributed by atoms with E-state index >= 15 is 0 Å². The number of hydrogen-bond acceptors (Lipinski definition) is 5. The van der Waals surface area contributed by atoms with Crippen molar-refractivity contribution in [1.82, 2.24) is 4.90 Å². The van der Waals surface area contributed by atoms with Crippen LogP contribution in [0.4, 0.5) is 0 Å². The lowest BCUT2D eigenvalue weighted by molar-refractivity contribution is -0.857. The van der Waals surface area contributed by atoms with Gasteiger partial charge >= 0.3 is 0 Å². The second-order valence-corrected chi connectivity index (χ2v) is 9.87. The average Bonchev–Trinajstić information content (AvgIpc) is 3.19. The van der Waals surface area contributed by atoms with E-state index in [1.54, 1.807) is 29.2 Å². The summed E-state index contributed by atoms with van der Waals surface area (Å²) >= 11 is 0. The predicted molar refractivity (Wildman–Crippen MR) is 151 cm³/mol. The molecule has 7 nitrogen and oxygen atoms in total. The summed E-state index contributed by atoms with van der Waals surface area (Å²) in [6.07, 6.45) is 1.65. The number of aliphatic hydroxyl groups is 1. The number of amides is 1. The van der Waals surface area contributed by atoms with Gasteiger partial charge < -0.3 is 24.4 Å². The molecule has 0 saturated carbocycles. The van der Waals surface area contributed by atoms with Crippen molar-refractivity contribution in [3.05, 3.63) is 113 Å². The van der Waals surface area contributed by atoms with Gasteiger partial charge in [0.1, 0.15) is 30.5 Å². The van der Waals surface area contributed by atoms with Gasteiger partial charge in [0.05, 0.1) is 38.8 Å². The van der Waals surface area contributed by atoms with Crippen molar-refractivity contribution in [3.8, 4) is 11.5 Å². The maximum atomic E-state index is 13.3. The number of hydrogen-bond donors (Lipinski definition) is 2. The third-order valence-electron chi connectivity index (χ3n) is 6.64. The molecule has 0 bridgehead atoms. The number of ether oxygens (including phenoxy) is 2. The van der Waals surface area contributed by atoms with Crippen molar-refractivity contribution in [3.63, 3.8) is 0 Å². The van der Waals surface area contributed by atoms with Gasteiger partial charge in [0.25, 0.3) is 11.7 Å². The zero-order valence-corrected chi connectivity index (χ0v) is 22.6. The van der Waals surface area contributed by atoms with E-state index in [9.17, 15) is 14.7 Å². The fourth-order valence-corrected chi connectivity index (χ4v) is 4.55. The number of nitrogens with zero attached hydrogens (tertiary/aromatic N) is 1. The Morgan fingerprint density at radius 3 is 2.38 bits per heavy atom. The predicted octanol–water partition coefficient (Wildman–Crippen LogP) is 3.71. The van der Waals surface area contributed by atoms with Crippen molar-refractivity contribution >= 4 is 17.4 Å². The van der Waals surface area contributed by atoms with Crippen molar-refractivity contribution in [2.75, 3.05) is 33.8 Å². The smallest absolute Gasteiger partial charge is 0.295 e. The number of nitrogens with one attached hydrogen (secondary N) is 1. The van der Waals surface area contributed by atoms with Crippen LogP contribution >= 0.6 is 0 Å². The van der Waals surface area contributed by atoms with Crippen LogP contribution in [-0.2, 0) is 16.2 Å². The Balaban J connectivity index is 1.68. The first-order valence-electron chi connectivity index (χ1n) is 13.0. The minimum atomic E-state index is -0.718. The molecule has 1 fully saturated rings. The summed E-state index contributed by atoms with van der Waals surface area (Å²) in [5, 5.41) is 11.4. The van der Waals surface area contributed by atoms with Crippen LogP contribution in [0.3, 0.4) is 0 Å². The Labute approximate surface area is 229 Å². The molecule has 202 valence electrons. The molecule has 0 aliphatic carbocycles. The van der Waals surface area contributed by atoms with E-state index in [1.165, 1.54) is 0 Å². The van der Waals surface area contributed by atoms with Crippen molar-refractivity contribution < 1.29 is 29.1 Å². The monoisotopic (exact) mass is 527 g/mol. The number of benzene rings is 3. The van der Waals surface area contributed by atoms with E-state index < -0.39 is 17.7 Å². The number of carbonyl (C=O) groups excluding carboxylic acids is 2. The van der Waals surface area contributed by atoms with Crippen LogP contribution in [0.5, 0.6) is 11.5 Å². The lowest BCUT2D eigenvalue weighted by Gasteiger charge is -2.26. The molecule has 3 aromatic rings. The van der Waals surface area contributed by atoms with Crippen LogP contribution in [-0.4, -0.2) is 55.5 Å². The molecule has 39 heavy (non-hydrogen) atoms. The van der Waals surface area contributed by atoms with Gasteiger partial charge in [0, 0.05) is 5.56 Å². The zero-order valence-electron chi connectivity index (χ0n) is 22.6.